The third-order valence-corrected chi connectivity index (χ3v) is 4.71. The highest BCUT2D eigenvalue weighted by Crippen LogP contribution is 2.28. The van der Waals surface area contributed by atoms with Gasteiger partial charge in [-0.25, -0.2) is 4.79 Å². The van der Waals surface area contributed by atoms with Gasteiger partial charge >= 0.3 is 5.97 Å². The summed E-state index contributed by atoms with van der Waals surface area (Å²) in [4.78, 5) is 10.8. The van der Waals surface area contributed by atoms with Crippen LogP contribution >= 0.6 is 11.8 Å². The first kappa shape index (κ1) is 13.5. The molecule has 0 saturated heterocycles. The summed E-state index contributed by atoms with van der Waals surface area (Å²) in [5.74, 6) is -0.289. The van der Waals surface area contributed by atoms with Crippen molar-refractivity contribution in [3.05, 3.63) is 23.2 Å². The number of nitrogens with one attached hydrogen (secondary N) is 1. The monoisotopic (exact) mass is 269 g/mol. The number of carboxylic acid groups (broad SMARTS) is 1. The molecule has 1 heterocycles. The second kappa shape index (κ2) is 5.80. The van der Waals surface area contributed by atoms with Crippen LogP contribution in [0.4, 0.5) is 0 Å². The maximum atomic E-state index is 10.8. The van der Waals surface area contributed by atoms with Gasteiger partial charge in [0.1, 0.15) is 5.76 Å². The van der Waals surface area contributed by atoms with Crippen LogP contribution in [0.25, 0.3) is 0 Å². The Kier molecular flexibility index (Phi) is 4.35. The minimum absolute atomic E-state index is 0.0251. The average Bonchev–Trinajstić information content (AvgIpc) is 2.92. The van der Waals surface area contributed by atoms with Crippen molar-refractivity contribution < 1.29 is 14.3 Å². The molecule has 18 heavy (non-hydrogen) atoms. The van der Waals surface area contributed by atoms with E-state index < -0.39 is 5.97 Å². The molecule has 0 aliphatic heterocycles. The number of thioether (sulfide) groups is 1. The number of aryl methyl sites for hydroxylation is 1. The minimum atomic E-state index is -1.01. The SMILES string of the molecule is CSC1CCCC1NCc1cc(C(=O)O)oc1C. The number of hydrogen-bond acceptors (Lipinski definition) is 4. The van der Waals surface area contributed by atoms with E-state index in [1.807, 2.05) is 18.7 Å². The predicted molar refractivity (Wildman–Crippen MR) is 72.2 cm³/mol. The van der Waals surface area contributed by atoms with E-state index in [4.69, 9.17) is 9.52 Å². The molecule has 2 unspecified atom stereocenters. The lowest BCUT2D eigenvalue weighted by molar-refractivity contribution is 0.0661. The number of carbonyl (C=O) groups is 1. The Hall–Kier alpha value is -0.940. The fourth-order valence-corrected chi connectivity index (χ4v) is 3.45. The average molecular weight is 269 g/mol. The summed E-state index contributed by atoms with van der Waals surface area (Å²) in [6.45, 7) is 2.49. The van der Waals surface area contributed by atoms with E-state index in [0.717, 1.165) is 5.56 Å². The second-order valence-corrected chi connectivity index (χ2v) is 5.77. The van der Waals surface area contributed by atoms with Crippen LogP contribution in [-0.2, 0) is 6.54 Å². The molecule has 0 aromatic carbocycles. The lowest BCUT2D eigenvalue weighted by Gasteiger charge is -2.18. The van der Waals surface area contributed by atoms with Gasteiger partial charge in [0.15, 0.2) is 0 Å². The molecule has 1 aromatic rings. The van der Waals surface area contributed by atoms with Gasteiger partial charge in [-0.1, -0.05) is 6.42 Å². The Labute approximate surface area is 111 Å². The van der Waals surface area contributed by atoms with Gasteiger partial charge < -0.3 is 14.8 Å². The first-order valence-corrected chi connectivity index (χ1v) is 7.49. The van der Waals surface area contributed by atoms with Crippen LogP contribution in [0.3, 0.4) is 0 Å². The highest BCUT2D eigenvalue weighted by atomic mass is 32.2. The van der Waals surface area contributed by atoms with Crippen molar-refractivity contribution in [3.8, 4) is 0 Å². The van der Waals surface area contributed by atoms with E-state index >= 15 is 0 Å². The van der Waals surface area contributed by atoms with Crippen LogP contribution in [0.1, 0.15) is 41.1 Å². The van der Waals surface area contributed by atoms with E-state index in [2.05, 4.69) is 11.6 Å². The van der Waals surface area contributed by atoms with Gasteiger partial charge in [-0.3, -0.25) is 0 Å². The topological polar surface area (TPSA) is 62.5 Å². The summed E-state index contributed by atoms with van der Waals surface area (Å²) in [5.41, 5.74) is 0.944. The Morgan fingerprint density at radius 2 is 2.39 bits per heavy atom. The first-order chi connectivity index (χ1) is 8.61. The molecule has 0 spiro atoms. The minimum Gasteiger partial charge on any atom is -0.475 e. The predicted octanol–water partition coefficient (Wildman–Crippen LogP) is 2.66. The Bertz CT molecular complexity index is 430. The van der Waals surface area contributed by atoms with Gasteiger partial charge in [0.2, 0.25) is 5.76 Å². The van der Waals surface area contributed by atoms with E-state index in [-0.39, 0.29) is 5.76 Å². The quantitative estimate of drug-likeness (QED) is 0.860. The summed E-state index contributed by atoms with van der Waals surface area (Å²) < 4.78 is 5.20. The molecule has 1 saturated carbocycles. The standard InChI is InChI=1S/C13H19NO3S/c1-8-9(6-11(17-8)13(15)16)7-14-10-4-3-5-12(10)18-2/h6,10,12,14H,3-5,7H2,1-2H3,(H,15,16). The van der Waals surface area contributed by atoms with Gasteiger partial charge in [0.05, 0.1) is 0 Å². The fraction of sp³-hybridized carbons (Fsp3) is 0.615. The zero-order chi connectivity index (χ0) is 13.1. The van der Waals surface area contributed by atoms with Crippen molar-refractivity contribution in [2.75, 3.05) is 6.26 Å². The van der Waals surface area contributed by atoms with Gasteiger partial charge in [-0.2, -0.15) is 11.8 Å². The third-order valence-electron chi connectivity index (χ3n) is 3.54. The Morgan fingerprint density at radius 1 is 1.61 bits per heavy atom. The molecule has 0 radical (unpaired) electrons. The summed E-state index contributed by atoms with van der Waals surface area (Å²) in [7, 11) is 0. The maximum absolute atomic E-state index is 10.8. The molecule has 2 atom stereocenters. The van der Waals surface area contributed by atoms with Crippen molar-refractivity contribution in [1.82, 2.24) is 5.32 Å². The van der Waals surface area contributed by atoms with E-state index in [1.165, 1.54) is 19.3 Å². The maximum Gasteiger partial charge on any atom is 0.371 e. The van der Waals surface area contributed by atoms with Crippen LogP contribution in [0, 0.1) is 6.92 Å². The van der Waals surface area contributed by atoms with Crippen molar-refractivity contribution in [1.29, 1.82) is 0 Å². The lowest BCUT2D eigenvalue weighted by Crippen LogP contribution is -2.33. The van der Waals surface area contributed by atoms with Crippen molar-refractivity contribution in [2.45, 2.75) is 44.0 Å². The Balaban J connectivity index is 1.95. The molecule has 5 heteroatoms. The highest BCUT2D eigenvalue weighted by molar-refractivity contribution is 7.99. The van der Waals surface area contributed by atoms with Crippen molar-refractivity contribution in [3.63, 3.8) is 0 Å². The van der Waals surface area contributed by atoms with Crippen LogP contribution in [0.5, 0.6) is 0 Å². The molecule has 0 amide bonds. The summed E-state index contributed by atoms with van der Waals surface area (Å²) >= 11 is 1.91. The smallest absolute Gasteiger partial charge is 0.371 e. The molecule has 2 rings (SSSR count). The Morgan fingerprint density at radius 3 is 3.00 bits per heavy atom. The zero-order valence-electron chi connectivity index (χ0n) is 10.7. The third kappa shape index (κ3) is 2.90. The molecule has 1 aliphatic carbocycles. The van der Waals surface area contributed by atoms with E-state index in [9.17, 15) is 4.79 Å². The molecule has 1 fully saturated rings. The van der Waals surface area contributed by atoms with Gasteiger partial charge in [-0.15, -0.1) is 0 Å². The first-order valence-electron chi connectivity index (χ1n) is 6.20. The molecular weight excluding hydrogens is 250 g/mol. The number of hydrogen-bond donors (Lipinski definition) is 2. The highest BCUT2D eigenvalue weighted by Gasteiger charge is 2.26. The number of rotatable bonds is 5. The molecule has 2 N–H and O–H groups in total. The van der Waals surface area contributed by atoms with Crippen LogP contribution in [0.15, 0.2) is 10.5 Å². The van der Waals surface area contributed by atoms with Crippen LogP contribution in [-0.4, -0.2) is 28.6 Å². The second-order valence-electron chi connectivity index (χ2n) is 4.69. The van der Waals surface area contributed by atoms with Crippen LogP contribution in [0.2, 0.25) is 0 Å². The molecule has 0 bridgehead atoms. The van der Waals surface area contributed by atoms with Crippen molar-refractivity contribution >= 4 is 17.7 Å². The summed E-state index contributed by atoms with van der Waals surface area (Å²) in [6, 6.07) is 2.15. The molecule has 4 nitrogen and oxygen atoms in total. The van der Waals surface area contributed by atoms with E-state index in [0.29, 0.717) is 23.6 Å². The molecular formula is C13H19NO3S. The summed E-state index contributed by atoms with van der Waals surface area (Å²) in [5, 5.41) is 13.1. The van der Waals surface area contributed by atoms with Crippen LogP contribution < -0.4 is 5.32 Å². The zero-order valence-corrected chi connectivity index (χ0v) is 11.5. The van der Waals surface area contributed by atoms with E-state index in [1.54, 1.807) is 6.07 Å². The molecule has 1 aliphatic rings. The van der Waals surface area contributed by atoms with Gasteiger partial charge in [0.25, 0.3) is 0 Å². The molecule has 100 valence electrons. The normalized spacial score (nSPS) is 23.4. The largest absolute Gasteiger partial charge is 0.475 e. The molecule has 1 aromatic heterocycles. The van der Waals surface area contributed by atoms with Gasteiger partial charge in [0, 0.05) is 23.4 Å². The van der Waals surface area contributed by atoms with Crippen molar-refractivity contribution in [2.24, 2.45) is 0 Å². The summed E-state index contributed by atoms with van der Waals surface area (Å²) in [6.07, 6.45) is 5.89. The fourth-order valence-electron chi connectivity index (χ4n) is 2.48. The van der Waals surface area contributed by atoms with Gasteiger partial charge in [-0.05, 0) is 32.1 Å². The lowest BCUT2D eigenvalue weighted by atomic mass is 10.2. The number of aromatic carboxylic acids is 1. The number of furan rings is 1. The number of carboxylic acids is 1.